The molecule has 2 amide bonds. The molecule has 3 N–H and O–H groups in total. The van der Waals surface area contributed by atoms with Crippen molar-refractivity contribution in [2.24, 2.45) is 0 Å². The van der Waals surface area contributed by atoms with Crippen molar-refractivity contribution in [1.82, 2.24) is 15.6 Å². The first-order valence-corrected chi connectivity index (χ1v) is 11.6. The highest BCUT2D eigenvalue weighted by Gasteiger charge is 2.24. The number of benzene rings is 2. The van der Waals surface area contributed by atoms with Crippen molar-refractivity contribution in [3.8, 4) is 11.5 Å². The molecule has 0 fully saturated rings. The number of hydrogen-bond donors (Lipinski definition) is 3. The van der Waals surface area contributed by atoms with E-state index >= 15 is 0 Å². The van der Waals surface area contributed by atoms with Gasteiger partial charge in [0.25, 0.3) is 5.91 Å². The van der Waals surface area contributed by atoms with E-state index in [1.807, 2.05) is 60.1 Å². The molecule has 1 aliphatic heterocycles. The number of carbonyl (C=O) groups excluding carboxylic acids is 2. The molecule has 8 heteroatoms. The molecule has 2 aromatic heterocycles. The number of H-pyrrole nitrogens is 1. The average molecular weight is 462 g/mol. The molecule has 1 atom stereocenters. The summed E-state index contributed by atoms with van der Waals surface area (Å²) in [5, 5.41) is 8.74. The molecule has 0 aliphatic carbocycles. The highest BCUT2D eigenvalue weighted by atomic mass is 32.1. The van der Waals surface area contributed by atoms with Crippen LogP contribution in [0.2, 0.25) is 0 Å². The molecular weight excluding hydrogens is 438 g/mol. The van der Waals surface area contributed by atoms with E-state index in [1.54, 1.807) is 6.07 Å². The fraction of sp³-hybridized carbons (Fsp3) is 0.200. The Morgan fingerprint density at radius 3 is 2.73 bits per heavy atom. The third-order valence-electron chi connectivity index (χ3n) is 5.54. The fourth-order valence-electron chi connectivity index (χ4n) is 3.88. The van der Waals surface area contributed by atoms with Gasteiger partial charge in [-0.05, 0) is 40.8 Å². The van der Waals surface area contributed by atoms with Crippen LogP contribution in [-0.4, -0.2) is 36.1 Å². The summed E-state index contributed by atoms with van der Waals surface area (Å²) in [4.78, 5) is 29.7. The lowest BCUT2D eigenvalue weighted by Gasteiger charge is -2.20. The van der Waals surface area contributed by atoms with Crippen LogP contribution in [-0.2, 0) is 17.8 Å². The molecular formula is C25H23N3O4S. The van der Waals surface area contributed by atoms with Gasteiger partial charge in [0.2, 0.25) is 5.91 Å². The number of ether oxygens (including phenoxy) is 2. The van der Waals surface area contributed by atoms with Crippen LogP contribution in [0, 0.1) is 0 Å². The molecule has 2 aromatic carbocycles. The molecule has 1 aliphatic rings. The number of rotatable bonds is 7. The Hall–Kier alpha value is -3.78. The summed E-state index contributed by atoms with van der Waals surface area (Å²) >= 11 is 1.34. The van der Waals surface area contributed by atoms with Gasteiger partial charge in [0.05, 0.1) is 4.88 Å². The quantitative estimate of drug-likeness (QED) is 0.392. The Kier molecular flexibility index (Phi) is 5.99. The number of hydrogen-bond acceptors (Lipinski definition) is 5. The van der Waals surface area contributed by atoms with Crippen molar-refractivity contribution in [2.75, 3.05) is 13.2 Å². The summed E-state index contributed by atoms with van der Waals surface area (Å²) in [5.41, 5.74) is 2.85. The molecule has 0 bridgehead atoms. The minimum atomic E-state index is -0.726. The third-order valence-corrected chi connectivity index (χ3v) is 6.41. The molecule has 0 saturated carbocycles. The summed E-state index contributed by atoms with van der Waals surface area (Å²) < 4.78 is 11.2. The second-order valence-electron chi connectivity index (χ2n) is 7.76. The second-order valence-corrected chi connectivity index (χ2v) is 8.71. The van der Waals surface area contributed by atoms with Crippen molar-refractivity contribution in [2.45, 2.75) is 19.0 Å². The average Bonchev–Trinajstić information content (AvgIpc) is 3.53. The molecule has 33 heavy (non-hydrogen) atoms. The number of carbonyl (C=O) groups is 2. The Labute approximate surface area is 194 Å². The smallest absolute Gasteiger partial charge is 0.262 e. The van der Waals surface area contributed by atoms with Crippen molar-refractivity contribution in [3.63, 3.8) is 0 Å². The van der Waals surface area contributed by atoms with Crippen LogP contribution in [0.1, 0.15) is 20.8 Å². The molecule has 168 valence electrons. The first-order chi connectivity index (χ1) is 16.2. The van der Waals surface area contributed by atoms with Gasteiger partial charge in [-0.3, -0.25) is 9.59 Å². The SMILES string of the molecule is O=C(N[C@@H](Cc1c[nH]c2ccccc12)C(=O)NCc1ccc2c(c1)OCCO2)c1cccs1. The zero-order valence-electron chi connectivity index (χ0n) is 17.8. The van der Waals surface area contributed by atoms with Gasteiger partial charge in [-0.2, -0.15) is 0 Å². The van der Waals surface area contributed by atoms with E-state index < -0.39 is 6.04 Å². The molecule has 0 spiro atoms. The maximum absolute atomic E-state index is 13.2. The maximum Gasteiger partial charge on any atom is 0.262 e. The predicted octanol–water partition coefficient (Wildman–Crippen LogP) is 3.66. The van der Waals surface area contributed by atoms with E-state index in [2.05, 4.69) is 15.6 Å². The summed E-state index contributed by atoms with van der Waals surface area (Å²) in [6.07, 6.45) is 2.26. The molecule has 3 heterocycles. The van der Waals surface area contributed by atoms with Crippen molar-refractivity contribution >= 4 is 34.1 Å². The summed E-state index contributed by atoms with van der Waals surface area (Å²) in [7, 11) is 0. The topological polar surface area (TPSA) is 92.5 Å². The number of para-hydroxylation sites is 1. The van der Waals surface area contributed by atoms with Crippen molar-refractivity contribution in [1.29, 1.82) is 0 Å². The first-order valence-electron chi connectivity index (χ1n) is 10.7. The van der Waals surface area contributed by atoms with Gasteiger partial charge < -0.3 is 25.1 Å². The van der Waals surface area contributed by atoms with Crippen LogP contribution >= 0.6 is 11.3 Å². The van der Waals surface area contributed by atoms with Crippen LogP contribution in [0.4, 0.5) is 0 Å². The summed E-state index contributed by atoms with van der Waals surface area (Å²) in [6, 6.07) is 16.4. The van der Waals surface area contributed by atoms with Gasteiger partial charge in [-0.25, -0.2) is 0 Å². The van der Waals surface area contributed by atoms with Crippen LogP contribution in [0.3, 0.4) is 0 Å². The highest BCUT2D eigenvalue weighted by Crippen LogP contribution is 2.30. The van der Waals surface area contributed by atoms with E-state index in [0.29, 0.717) is 42.6 Å². The van der Waals surface area contributed by atoms with Crippen molar-refractivity contribution in [3.05, 3.63) is 82.2 Å². The minimum Gasteiger partial charge on any atom is -0.486 e. The normalized spacial score (nSPS) is 13.5. The molecule has 0 radical (unpaired) electrons. The van der Waals surface area contributed by atoms with Gasteiger partial charge in [-0.15, -0.1) is 11.3 Å². The van der Waals surface area contributed by atoms with Crippen LogP contribution in [0.25, 0.3) is 10.9 Å². The Balaban J connectivity index is 1.32. The van der Waals surface area contributed by atoms with Gasteiger partial charge in [0.15, 0.2) is 11.5 Å². The van der Waals surface area contributed by atoms with Gasteiger partial charge in [0, 0.05) is 30.1 Å². The Morgan fingerprint density at radius 1 is 1.03 bits per heavy atom. The minimum absolute atomic E-state index is 0.250. The van der Waals surface area contributed by atoms with Gasteiger partial charge in [-0.1, -0.05) is 30.3 Å². The lowest BCUT2D eigenvalue weighted by Crippen LogP contribution is -2.47. The van der Waals surface area contributed by atoms with E-state index in [9.17, 15) is 9.59 Å². The van der Waals surface area contributed by atoms with E-state index in [1.165, 1.54) is 11.3 Å². The monoisotopic (exact) mass is 461 g/mol. The zero-order chi connectivity index (χ0) is 22.6. The number of fused-ring (bicyclic) bond motifs is 2. The maximum atomic E-state index is 13.2. The lowest BCUT2D eigenvalue weighted by molar-refractivity contribution is -0.123. The Morgan fingerprint density at radius 2 is 1.88 bits per heavy atom. The molecule has 0 unspecified atom stereocenters. The lowest BCUT2D eigenvalue weighted by atomic mass is 10.0. The van der Waals surface area contributed by atoms with Crippen LogP contribution in [0.15, 0.2) is 66.2 Å². The molecule has 4 aromatic rings. The third kappa shape index (κ3) is 4.70. The zero-order valence-corrected chi connectivity index (χ0v) is 18.6. The van der Waals surface area contributed by atoms with E-state index in [-0.39, 0.29) is 11.8 Å². The first kappa shape index (κ1) is 21.1. The number of amides is 2. The van der Waals surface area contributed by atoms with Crippen LogP contribution < -0.4 is 20.1 Å². The standard InChI is InChI=1S/C25H23N3O4S/c29-24(27-14-16-7-8-21-22(12-16)32-10-9-31-21)20(28-25(30)23-6-3-11-33-23)13-17-15-26-19-5-2-1-4-18(17)19/h1-8,11-12,15,20,26H,9-10,13-14H2,(H,27,29)(H,28,30)/t20-/m0/s1. The number of thiophene rings is 1. The second kappa shape index (κ2) is 9.38. The fourth-order valence-corrected chi connectivity index (χ4v) is 4.50. The largest absolute Gasteiger partial charge is 0.486 e. The molecule has 5 rings (SSSR count). The van der Waals surface area contributed by atoms with Gasteiger partial charge in [0.1, 0.15) is 19.3 Å². The number of aromatic amines is 1. The van der Waals surface area contributed by atoms with E-state index in [0.717, 1.165) is 22.0 Å². The number of nitrogens with one attached hydrogen (secondary N) is 3. The predicted molar refractivity (Wildman–Crippen MR) is 127 cm³/mol. The van der Waals surface area contributed by atoms with Gasteiger partial charge >= 0.3 is 0 Å². The molecule has 0 saturated heterocycles. The van der Waals surface area contributed by atoms with E-state index in [4.69, 9.17) is 9.47 Å². The van der Waals surface area contributed by atoms with Crippen molar-refractivity contribution < 1.29 is 19.1 Å². The summed E-state index contributed by atoms with van der Waals surface area (Å²) in [5.74, 6) is 0.871. The van der Waals surface area contributed by atoms with Crippen LogP contribution in [0.5, 0.6) is 11.5 Å². The highest BCUT2D eigenvalue weighted by molar-refractivity contribution is 7.12. The molecule has 7 nitrogen and oxygen atoms in total. The summed E-state index contributed by atoms with van der Waals surface area (Å²) in [6.45, 7) is 1.35. The number of aromatic nitrogens is 1. The Bertz CT molecular complexity index is 1280.